The number of benzene rings is 1. The van der Waals surface area contributed by atoms with Gasteiger partial charge in [-0.1, -0.05) is 18.2 Å². The average molecular weight is 305 g/mol. The minimum Gasteiger partial charge on any atom is -0.378 e. The van der Waals surface area contributed by atoms with Crippen LogP contribution in [0.4, 0.5) is 5.69 Å². The first kappa shape index (κ1) is 16.9. The Morgan fingerprint density at radius 3 is 2.55 bits per heavy atom. The van der Waals surface area contributed by atoms with Crippen LogP contribution < -0.4 is 10.6 Å². The first-order valence-corrected chi connectivity index (χ1v) is 7.72. The summed E-state index contributed by atoms with van der Waals surface area (Å²) in [5.74, 6) is 0.00301. The van der Waals surface area contributed by atoms with Crippen LogP contribution in [0.2, 0.25) is 0 Å². The summed E-state index contributed by atoms with van der Waals surface area (Å²) in [5.41, 5.74) is 2.40. The van der Waals surface area contributed by atoms with Crippen molar-refractivity contribution in [3.63, 3.8) is 0 Å². The molecule has 2 atom stereocenters. The van der Waals surface area contributed by atoms with Crippen molar-refractivity contribution in [2.75, 3.05) is 39.6 Å². The van der Waals surface area contributed by atoms with Gasteiger partial charge >= 0.3 is 0 Å². The second-order valence-corrected chi connectivity index (χ2v) is 6.22. The Bertz CT molecular complexity index is 524. The molecule has 0 spiro atoms. The number of aryl methyl sites for hydroxylation is 2. The smallest absolute Gasteiger partial charge is 0.247 e. The third kappa shape index (κ3) is 2.89. The number of nitrogens with one attached hydrogen (secondary N) is 2. The Balaban J connectivity index is 2.35. The predicted octanol–water partition coefficient (Wildman–Crippen LogP) is 1.55. The van der Waals surface area contributed by atoms with Gasteiger partial charge in [-0.25, -0.2) is 0 Å². The van der Waals surface area contributed by atoms with Crippen LogP contribution in [0, 0.1) is 13.8 Å². The number of carbonyl (C=O) groups is 1. The van der Waals surface area contributed by atoms with Gasteiger partial charge in [-0.2, -0.15) is 0 Å². The summed E-state index contributed by atoms with van der Waals surface area (Å²) in [5, 5.41) is 6.45. The van der Waals surface area contributed by atoms with Gasteiger partial charge in [0, 0.05) is 19.3 Å². The van der Waals surface area contributed by atoms with Crippen LogP contribution in [0.5, 0.6) is 0 Å². The van der Waals surface area contributed by atoms with Crippen molar-refractivity contribution in [3.8, 4) is 0 Å². The number of methoxy groups -OCH3 is 1. The van der Waals surface area contributed by atoms with Crippen LogP contribution in [0.3, 0.4) is 0 Å². The summed E-state index contributed by atoms with van der Waals surface area (Å²) >= 11 is 0. The molecule has 2 unspecified atom stereocenters. The maximum absolute atomic E-state index is 13.1. The van der Waals surface area contributed by atoms with Crippen molar-refractivity contribution in [2.45, 2.75) is 31.9 Å². The monoisotopic (exact) mass is 305 g/mol. The molecule has 1 aliphatic rings. The number of hydrogen-bond acceptors (Lipinski definition) is 4. The van der Waals surface area contributed by atoms with Crippen molar-refractivity contribution < 1.29 is 9.53 Å². The zero-order valence-corrected chi connectivity index (χ0v) is 14.2. The molecule has 122 valence electrons. The van der Waals surface area contributed by atoms with Crippen LogP contribution in [0.25, 0.3) is 0 Å². The number of piperidine rings is 1. The quantitative estimate of drug-likeness (QED) is 0.886. The molecule has 1 aliphatic heterocycles. The number of nitrogens with zero attached hydrogens (tertiary/aromatic N) is 1. The Morgan fingerprint density at radius 1 is 1.36 bits per heavy atom. The van der Waals surface area contributed by atoms with Crippen molar-refractivity contribution in [2.24, 2.45) is 0 Å². The van der Waals surface area contributed by atoms with E-state index in [-0.39, 0.29) is 12.0 Å². The molecular formula is C17H27N3O2. The molecule has 1 fully saturated rings. The van der Waals surface area contributed by atoms with Crippen LogP contribution in [0.1, 0.15) is 17.5 Å². The van der Waals surface area contributed by atoms with Crippen molar-refractivity contribution >= 4 is 11.6 Å². The summed E-state index contributed by atoms with van der Waals surface area (Å²) < 4.78 is 5.62. The van der Waals surface area contributed by atoms with Gasteiger partial charge in [0.15, 0.2) is 0 Å². The molecule has 1 aromatic carbocycles. The minimum atomic E-state index is -0.658. The highest BCUT2D eigenvalue weighted by Crippen LogP contribution is 2.29. The lowest BCUT2D eigenvalue weighted by Gasteiger charge is -2.46. The molecule has 5 nitrogen and oxygen atoms in total. The van der Waals surface area contributed by atoms with Gasteiger partial charge in [0.2, 0.25) is 5.91 Å². The average Bonchev–Trinajstić information content (AvgIpc) is 2.50. The molecular weight excluding hydrogens is 278 g/mol. The van der Waals surface area contributed by atoms with Crippen LogP contribution >= 0.6 is 0 Å². The minimum absolute atomic E-state index is 0.00301. The molecule has 1 saturated heterocycles. The molecule has 0 aliphatic carbocycles. The molecule has 1 amide bonds. The van der Waals surface area contributed by atoms with E-state index in [0.29, 0.717) is 6.54 Å². The fourth-order valence-corrected chi connectivity index (χ4v) is 3.33. The van der Waals surface area contributed by atoms with E-state index in [1.807, 2.05) is 51.0 Å². The van der Waals surface area contributed by atoms with Crippen LogP contribution in [-0.2, 0) is 9.53 Å². The van der Waals surface area contributed by atoms with Gasteiger partial charge in [-0.3, -0.25) is 9.69 Å². The third-order valence-electron chi connectivity index (χ3n) is 4.74. The van der Waals surface area contributed by atoms with E-state index >= 15 is 0 Å². The van der Waals surface area contributed by atoms with Crippen LogP contribution in [-0.4, -0.2) is 56.7 Å². The highest BCUT2D eigenvalue weighted by atomic mass is 16.5. The fraction of sp³-hybridized carbons (Fsp3) is 0.588. The van der Waals surface area contributed by atoms with Gasteiger partial charge in [-0.15, -0.1) is 0 Å². The molecule has 2 rings (SSSR count). The first-order valence-electron chi connectivity index (χ1n) is 7.72. The standard InChI is InChI=1S/C17H27N3O2/c1-12-7-6-8-13(2)15(12)19-16(21)17(20(3)4)9-10-18-11-14(17)22-5/h6-8,14,18H,9-11H2,1-5H3,(H,19,21). The van der Waals surface area contributed by atoms with E-state index in [0.717, 1.165) is 29.8 Å². The Morgan fingerprint density at radius 2 is 2.00 bits per heavy atom. The lowest BCUT2D eigenvalue weighted by Crippen LogP contribution is -2.67. The van der Waals surface area contributed by atoms with E-state index in [1.165, 1.54) is 0 Å². The molecule has 0 aromatic heterocycles. The molecule has 0 saturated carbocycles. The molecule has 0 radical (unpaired) electrons. The fourth-order valence-electron chi connectivity index (χ4n) is 3.33. The lowest BCUT2D eigenvalue weighted by atomic mass is 9.83. The van der Waals surface area contributed by atoms with Gasteiger partial charge in [0.05, 0.1) is 6.10 Å². The largest absolute Gasteiger partial charge is 0.378 e. The number of amides is 1. The molecule has 0 bridgehead atoms. The number of hydrogen-bond donors (Lipinski definition) is 2. The van der Waals surface area contributed by atoms with E-state index in [4.69, 9.17) is 4.74 Å². The zero-order chi connectivity index (χ0) is 16.3. The summed E-state index contributed by atoms with van der Waals surface area (Å²) in [6, 6.07) is 6.03. The van der Waals surface area contributed by atoms with Crippen molar-refractivity contribution in [3.05, 3.63) is 29.3 Å². The van der Waals surface area contributed by atoms with Gasteiger partial charge in [0.25, 0.3) is 0 Å². The maximum atomic E-state index is 13.1. The molecule has 22 heavy (non-hydrogen) atoms. The number of rotatable bonds is 4. The van der Waals surface area contributed by atoms with Gasteiger partial charge in [0.1, 0.15) is 5.54 Å². The SMILES string of the molecule is COC1CNCCC1(C(=O)Nc1c(C)cccc1C)N(C)C. The molecule has 5 heteroatoms. The van der Waals surface area contributed by atoms with E-state index in [2.05, 4.69) is 10.6 Å². The van der Waals surface area contributed by atoms with Crippen LogP contribution in [0.15, 0.2) is 18.2 Å². The molecule has 1 heterocycles. The Labute approximate surface area is 133 Å². The summed E-state index contributed by atoms with van der Waals surface area (Å²) in [4.78, 5) is 15.1. The summed E-state index contributed by atoms with van der Waals surface area (Å²) in [6.07, 6.45) is 0.538. The van der Waals surface area contributed by atoms with Crippen molar-refractivity contribution in [1.82, 2.24) is 10.2 Å². The van der Waals surface area contributed by atoms with Gasteiger partial charge in [-0.05, 0) is 52.0 Å². The lowest BCUT2D eigenvalue weighted by molar-refractivity contribution is -0.139. The molecule has 1 aromatic rings. The van der Waals surface area contributed by atoms with Crippen molar-refractivity contribution in [1.29, 1.82) is 0 Å². The zero-order valence-electron chi connectivity index (χ0n) is 14.2. The number of likely N-dealkylation sites (N-methyl/N-ethyl adjacent to an activating group) is 1. The highest BCUT2D eigenvalue weighted by molar-refractivity contribution is 6.00. The van der Waals surface area contributed by atoms with Gasteiger partial charge < -0.3 is 15.4 Å². The van der Waals surface area contributed by atoms with E-state index < -0.39 is 5.54 Å². The second kappa shape index (κ2) is 6.77. The maximum Gasteiger partial charge on any atom is 0.247 e. The third-order valence-corrected chi connectivity index (χ3v) is 4.74. The van der Waals surface area contributed by atoms with E-state index in [1.54, 1.807) is 7.11 Å². The topological polar surface area (TPSA) is 53.6 Å². The predicted molar refractivity (Wildman–Crippen MR) is 89.2 cm³/mol. The number of carbonyl (C=O) groups excluding carboxylic acids is 1. The second-order valence-electron chi connectivity index (χ2n) is 6.22. The molecule has 2 N–H and O–H groups in total. The Kier molecular flexibility index (Phi) is 5.21. The van der Waals surface area contributed by atoms with E-state index in [9.17, 15) is 4.79 Å². The normalized spacial score (nSPS) is 25.3. The summed E-state index contributed by atoms with van der Waals surface area (Å²) in [6.45, 7) is 5.51. The summed E-state index contributed by atoms with van der Waals surface area (Å²) in [7, 11) is 5.56. The Hall–Kier alpha value is -1.43. The highest BCUT2D eigenvalue weighted by Gasteiger charge is 2.49. The first-order chi connectivity index (χ1) is 10.4. The number of para-hydroxylation sites is 1. The number of anilines is 1. The number of ether oxygens (including phenoxy) is 1.